The van der Waals surface area contributed by atoms with Crippen molar-refractivity contribution in [1.82, 2.24) is 4.90 Å². The van der Waals surface area contributed by atoms with Gasteiger partial charge in [0.1, 0.15) is 22.9 Å². The van der Waals surface area contributed by atoms with Crippen LogP contribution in [0.2, 0.25) is 0 Å². The molecule has 0 bridgehead atoms. The molecule has 2 aromatic rings. The fourth-order valence-electron chi connectivity index (χ4n) is 2.47. The van der Waals surface area contributed by atoms with Crippen LogP contribution < -0.4 is 0 Å². The van der Waals surface area contributed by atoms with Crippen LogP contribution in [0, 0.1) is 11.6 Å². The van der Waals surface area contributed by atoms with E-state index in [4.69, 9.17) is 0 Å². The number of amides is 1. The summed E-state index contributed by atoms with van der Waals surface area (Å²) in [7, 11) is 1.44. The Morgan fingerprint density at radius 1 is 1.22 bits per heavy atom. The van der Waals surface area contributed by atoms with E-state index >= 15 is 0 Å². The van der Waals surface area contributed by atoms with Gasteiger partial charge < -0.3 is 15.1 Å². The zero-order valence-electron chi connectivity index (χ0n) is 12.5. The van der Waals surface area contributed by atoms with Gasteiger partial charge >= 0.3 is 0 Å². The number of phenolic OH excluding ortho intramolecular Hbond substituents is 1. The minimum Gasteiger partial charge on any atom is -0.507 e. The van der Waals surface area contributed by atoms with Gasteiger partial charge in [0.25, 0.3) is 5.91 Å². The highest BCUT2D eigenvalue weighted by Crippen LogP contribution is 2.29. The molecular formula is C17H17F2NO3. The fraction of sp³-hybridized carbons (Fsp3) is 0.235. The Morgan fingerprint density at radius 2 is 1.87 bits per heavy atom. The fourth-order valence-corrected chi connectivity index (χ4v) is 2.47. The van der Waals surface area contributed by atoms with Gasteiger partial charge in [-0.15, -0.1) is 0 Å². The lowest BCUT2D eigenvalue weighted by atomic mass is 10.0. The number of hydrogen-bond acceptors (Lipinski definition) is 3. The summed E-state index contributed by atoms with van der Waals surface area (Å²) in [6.07, 6.45) is 0.246. The quantitative estimate of drug-likeness (QED) is 0.890. The average Bonchev–Trinajstić information content (AvgIpc) is 2.51. The van der Waals surface area contributed by atoms with E-state index in [9.17, 15) is 23.8 Å². The SMILES string of the molecule is CN(C(=O)c1c(O)cc(F)cc1F)C(CCO)c1ccccc1. The lowest BCUT2D eigenvalue weighted by Crippen LogP contribution is -2.32. The normalized spacial score (nSPS) is 12.0. The van der Waals surface area contributed by atoms with Crippen molar-refractivity contribution in [3.8, 4) is 5.75 Å². The molecule has 122 valence electrons. The first-order chi connectivity index (χ1) is 11.0. The van der Waals surface area contributed by atoms with Crippen molar-refractivity contribution >= 4 is 5.91 Å². The average molecular weight is 321 g/mol. The first kappa shape index (κ1) is 16.9. The van der Waals surface area contributed by atoms with Crippen LogP contribution in [0.3, 0.4) is 0 Å². The number of aliphatic hydroxyl groups is 1. The molecule has 1 amide bonds. The Kier molecular flexibility index (Phi) is 5.28. The van der Waals surface area contributed by atoms with E-state index < -0.39 is 34.9 Å². The Labute approximate surface area is 132 Å². The van der Waals surface area contributed by atoms with Crippen LogP contribution >= 0.6 is 0 Å². The molecule has 1 unspecified atom stereocenters. The molecule has 0 spiro atoms. The van der Waals surface area contributed by atoms with Crippen molar-refractivity contribution in [3.63, 3.8) is 0 Å². The van der Waals surface area contributed by atoms with Crippen LogP contribution in [-0.4, -0.2) is 34.7 Å². The number of aliphatic hydroxyl groups excluding tert-OH is 1. The highest BCUT2D eigenvalue weighted by atomic mass is 19.1. The molecule has 0 aliphatic heterocycles. The summed E-state index contributed by atoms with van der Waals surface area (Å²) in [6, 6.07) is 9.68. The molecule has 1 atom stereocenters. The lowest BCUT2D eigenvalue weighted by molar-refractivity contribution is 0.0697. The topological polar surface area (TPSA) is 60.8 Å². The number of aromatic hydroxyl groups is 1. The van der Waals surface area contributed by atoms with Crippen LogP contribution in [0.5, 0.6) is 5.75 Å². The smallest absolute Gasteiger partial charge is 0.260 e. The maximum atomic E-state index is 13.9. The number of carbonyl (C=O) groups excluding carboxylic acids is 1. The Balaban J connectivity index is 2.37. The number of benzene rings is 2. The molecule has 0 heterocycles. The maximum Gasteiger partial charge on any atom is 0.260 e. The van der Waals surface area contributed by atoms with Crippen LogP contribution in [0.4, 0.5) is 8.78 Å². The van der Waals surface area contributed by atoms with E-state index in [2.05, 4.69) is 0 Å². The molecular weight excluding hydrogens is 304 g/mol. The van der Waals surface area contributed by atoms with E-state index in [-0.39, 0.29) is 13.0 Å². The molecule has 0 saturated heterocycles. The minimum absolute atomic E-state index is 0.172. The molecule has 0 aliphatic rings. The first-order valence-electron chi connectivity index (χ1n) is 7.06. The molecule has 6 heteroatoms. The van der Waals surface area contributed by atoms with Crippen molar-refractivity contribution in [3.05, 3.63) is 65.2 Å². The molecule has 0 saturated carbocycles. The molecule has 2 rings (SSSR count). The van der Waals surface area contributed by atoms with Gasteiger partial charge in [-0.1, -0.05) is 30.3 Å². The van der Waals surface area contributed by atoms with Crippen LogP contribution in [-0.2, 0) is 0 Å². The maximum absolute atomic E-state index is 13.9. The van der Waals surface area contributed by atoms with Gasteiger partial charge in [0.05, 0.1) is 6.04 Å². The van der Waals surface area contributed by atoms with E-state index in [0.29, 0.717) is 12.1 Å². The molecule has 0 aliphatic carbocycles. The minimum atomic E-state index is -1.13. The zero-order chi connectivity index (χ0) is 17.0. The van der Waals surface area contributed by atoms with Crippen molar-refractivity contribution in [2.75, 3.05) is 13.7 Å². The van der Waals surface area contributed by atoms with Gasteiger partial charge in [0.2, 0.25) is 0 Å². The van der Waals surface area contributed by atoms with Crippen LogP contribution in [0.15, 0.2) is 42.5 Å². The number of hydrogen-bond donors (Lipinski definition) is 2. The largest absolute Gasteiger partial charge is 0.507 e. The second-order valence-corrected chi connectivity index (χ2v) is 5.14. The number of halogens is 2. The Morgan fingerprint density at radius 3 is 2.43 bits per heavy atom. The Bertz CT molecular complexity index is 668. The standard InChI is InChI=1S/C17H17F2NO3/c1-20(14(7-8-21)11-5-3-2-4-6-11)17(23)16-13(19)9-12(18)10-15(16)22/h2-6,9-10,14,21-22H,7-8H2,1H3. The molecule has 0 aromatic heterocycles. The molecule has 0 radical (unpaired) electrons. The summed E-state index contributed by atoms with van der Waals surface area (Å²) >= 11 is 0. The summed E-state index contributed by atoms with van der Waals surface area (Å²) in [6.45, 7) is -0.172. The molecule has 2 N–H and O–H groups in total. The summed E-state index contributed by atoms with van der Waals surface area (Å²) < 4.78 is 26.9. The summed E-state index contributed by atoms with van der Waals surface area (Å²) in [5.41, 5.74) is 0.173. The first-order valence-corrected chi connectivity index (χ1v) is 7.06. The van der Waals surface area contributed by atoms with Crippen molar-refractivity contribution in [1.29, 1.82) is 0 Å². The van der Waals surface area contributed by atoms with Crippen LogP contribution in [0.1, 0.15) is 28.4 Å². The second kappa shape index (κ2) is 7.19. The third kappa shape index (κ3) is 3.65. The summed E-state index contributed by atoms with van der Waals surface area (Å²) in [5.74, 6) is -3.64. The monoisotopic (exact) mass is 321 g/mol. The van der Waals surface area contributed by atoms with Gasteiger partial charge in [0, 0.05) is 25.8 Å². The van der Waals surface area contributed by atoms with E-state index in [0.717, 1.165) is 5.56 Å². The molecule has 2 aromatic carbocycles. The predicted octanol–water partition coefficient (Wildman–Crippen LogP) is 2.87. The second-order valence-electron chi connectivity index (χ2n) is 5.14. The van der Waals surface area contributed by atoms with E-state index in [1.54, 1.807) is 24.3 Å². The molecule has 4 nitrogen and oxygen atoms in total. The van der Waals surface area contributed by atoms with Crippen molar-refractivity contribution in [2.45, 2.75) is 12.5 Å². The van der Waals surface area contributed by atoms with Crippen molar-refractivity contribution in [2.24, 2.45) is 0 Å². The lowest BCUT2D eigenvalue weighted by Gasteiger charge is -2.28. The predicted molar refractivity (Wildman–Crippen MR) is 81.0 cm³/mol. The summed E-state index contributed by atoms with van der Waals surface area (Å²) in [4.78, 5) is 13.7. The third-order valence-electron chi connectivity index (χ3n) is 3.62. The van der Waals surface area contributed by atoms with Crippen molar-refractivity contribution < 1.29 is 23.8 Å². The number of carbonyl (C=O) groups is 1. The van der Waals surface area contributed by atoms with Gasteiger partial charge in [-0.05, 0) is 12.0 Å². The zero-order valence-corrected chi connectivity index (χ0v) is 12.5. The van der Waals surface area contributed by atoms with E-state index in [1.165, 1.54) is 11.9 Å². The highest BCUT2D eigenvalue weighted by Gasteiger charge is 2.27. The number of rotatable bonds is 5. The molecule has 0 fully saturated rings. The van der Waals surface area contributed by atoms with E-state index in [1.807, 2.05) is 6.07 Å². The number of phenols is 1. The van der Waals surface area contributed by atoms with Crippen LogP contribution in [0.25, 0.3) is 0 Å². The van der Waals surface area contributed by atoms with Gasteiger partial charge in [-0.3, -0.25) is 4.79 Å². The van der Waals surface area contributed by atoms with Gasteiger partial charge in [-0.25, -0.2) is 8.78 Å². The van der Waals surface area contributed by atoms with Gasteiger partial charge in [-0.2, -0.15) is 0 Å². The molecule has 23 heavy (non-hydrogen) atoms. The number of nitrogens with zero attached hydrogens (tertiary/aromatic N) is 1. The Hall–Kier alpha value is -2.47. The third-order valence-corrected chi connectivity index (χ3v) is 3.62. The van der Waals surface area contributed by atoms with Gasteiger partial charge in [0.15, 0.2) is 0 Å². The summed E-state index contributed by atoms with van der Waals surface area (Å²) in [5, 5.41) is 18.9. The highest BCUT2D eigenvalue weighted by molar-refractivity contribution is 5.97.